The van der Waals surface area contributed by atoms with E-state index in [4.69, 9.17) is 0 Å². The summed E-state index contributed by atoms with van der Waals surface area (Å²) in [5.41, 5.74) is 0.951. The van der Waals surface area contributed by atoms with Crippen LogP contribution in [0.3, 0.4) is 0 Å². The Morgan fingerprint density at radius 3 is 2.73 bits per heavy atom. The topological polar surface area (TPSA) is 81.7 Å². The van der Waals surface area contributed by atoms with Crippen LogP contribution in [0.25, 0.3) is 11.4 Å². The van der Waals surface area contributed by atoms with Crippen LogP contribution in [0.15, 0.2) is 30.6 Å². The number of carbonyl (C=O) groups excluding carboxylic acids is 1. The molecule has 0 unspecified atom stereocenters. The molecule has 0 aliphatic carbocycles. The first-order valence-electron chi connectivity index (χ1n) is 3.95. The van der Waals surface area contributed by atoms with Gasteiger partial charge in [-0.05, 0) is 18.2 Å². The molecule has 0 saturated heterocycles. The molecule has 1 N–H and O–H groups in total. The van der Waals surface area contributed by atoms with Gasteiger partial charge in [0, 0.05) is 18.0 Å². The van der Waals surface area contributed by atoms with Crippen LogP contribution in [-0.4, -0.2) is 21.2 Å². The number of carbonyl (C=O) groups is 1. The van der Waals surface area contributed by atoms with Gasteiger partial charge in [0.05, 0.1) is 17.4 Å². The first kappa shape index (κ1) is 11.9. The van der Waals surface area contributed by atoms with Crippen molar-refractivity contribution in [1.82, 2.24) is 15.2 Å². The Morgan fingerprint density at radius 2 is 2.13 bits per heavy atom. The van der Waals surface area contributed by atoms with Crippen LogP contribution in [-0.2, 0) is 0 Å². The van der Waals surface area contributed by atoms with E-state index >= 15 is 0 Å². The molecule has 2 aromatic heterocycles. The first-order chi connectivity index (χ1) is 6.79. The first-order valence-corrected chi connectivity index (χ1v) is 3.95. The second-order valence-corrected chi connectivity index (χ2v) is 2.66. The van der Waals surface area contributed by atoms with Crippen LogP contribution in [0.2, 0.25) is 0 Å². The molecule has 70 valence electrons. The SMILES string of the molecule is O=C([O-])c1cccnc1-c1ccn[nH]1.[Na+]. The number of aromatic amines is 1. The number of pyridine rings is 1. The van der Waals surface area contributed by atoms with E-state index in [1.54, 1.807) is 12.1 Å². The van der Waals surface area contributed by atoms with Crippen molar-refractivity contribution in [2.45, 2.75) is 0 Å². The zero-order chi connectivity index (χ0) is 9.97. The fraction of sp³-hybridized carbons (Fsp3) is 0. The molecule has 0 atom stereocenters. The second-order valence-electron chi connectivity index (χ2n) is 2.66. The van der Waals surface area contributed by atoms with Gasteiger partial charge in [0.15, 0.2) is 0 Å². The summed E-state index contributed by atoms with van der Waals surface area (Å²) in [7, 11) is 0. The number of aromatic nitrogens is 3. The van der Waals surface area contributed by atoms with Crippen molar-refractivity contribution in [2.24, 2.45) is 0 Å². The van der Waals surface area contributed by atoms with Crippen molar-refractivity contribution in [3.05, 3.63) is 36.2 Å². The number of carboxylic acid groups (broad SMARTS) is 1. The second kappa shape index (κ2) is 5.06. The van der Waals surface area contributed by atoms with E-state index in [1.807, 2.05) is 0 Å². The zero-order valence-corrected chi connectivity index (χ0v) is 10.1. The maximum atomic E-state index is 10.7. The smallest absolute Gasteiger partial charge is 0.545 e. The maximum Gasteiger partial charge on any atom is 1.00 e. The molecule has 5 nitrogen and oxygen atoms in total. The van der Waals surface area contributed by atoms with Crippen molar-refractivity contribution < 1.29 is 39.5 Å². The van der Waals surface area contributed by atoms with Gasteiger partial charge in [0.25, 0.3) is 0 Å². The maximum absolute atomic E-state index is 10.7. The van der Waals surface area contributed by atoms with Gasteiger partial charge in [-0.15, -0.1) is 0 Å². The minimum Gasteiger partial charge on any atom is -0.545 e. The van der Waals surface area contributed by atoms with Gasteiger partial charge in [0.1, 0.15) is 0 Å². The molecule has 2 rings (SSSR count). The molecule has 0 fully saturated rings. The number of carboxylic acids is 1. The van der Waals surface area contributed by atoms with Crippen LogP contribution in [0.1, 0.15) is 10.4 Å². The summed E-state index contributed by atoms with van der Waals surface area (Å²) >= 11 is 0. The molecule has 0 amide bonds. The van der Waals surface area contributed by atoms with Crippen molar-refractivity contribution >= 4 is 5.97 Å². The van der Waals surface area contributed by atoms with Crippen LogP contribution in [0, 0.1) is 0 Å². The molecule has 2 heterocycles. The summed E-state index contributed by atoms with van der Waals surface area (Å²) < 4.78 is 0. The Morgan fingerprint density at radius 1 is 1.33 bits per heavy atom. The van der Waals surface area contributed by atoms with Gasteiger partial charge in [0.2, 0.25) is 0 Å². The summed E-state index contributed by atoms with van der Waals surface area (Å²) in [4.78, 5) is 14.7. The van der Waals surface area contributed by atoms with Crippen molar-refractivity contribution in [1.29, 1.82) is 0 Å². The fourth-order valence-corrected chi connectivity index (χ4v) is 1.17. The molecule has 15 heavy (non-hydrogen) atoms. The van der Waals surface area contributed by atoms with E-state index in [2.05, 4.69) is 15.2 Å². The molecular weight excluding hydrogens is 205 g/mol. The monoisotopic (exact) mass is 211 g/mol. The van der Waals surface area contributed by atoms with Gasteiger partial charge in [-0.2, -0.15) is 5.10 Å². The predicted molar refractivity (Wildman–Crippen MR) is 46.1 cm³/mol. The molecule has 0 aromatic carbocycles. The van der Waals surface area contributed by atoms with Gasteiger partial charge in [-0.3, -0.25) is 10.1 Å². The third kappa shape index (κ3) is 2.44. The van der Waals surface area contributed by atoms with E-state index in [-0.39, 0.29) is 35.1 Å². The minimum atomic E-state index is -1.25. The summed E-state index contributed by atoms with van der Waals surface area (Å²) in [6.45, 7) is 0. The van der Waals surface area contributed by atoms with Gasteiger partial charge in [-0.1, -0.05) is 0 Å². The van der Waals surface area contributed by atoms with E-state index in [9.17, 15) is 9.90 Å². The molecule has 6 heteroatoms. The third-order valence-corrected chi connectivity index (χ3v) is 1.78. The van der Waals surface area contributed by atoms with Gasteiger partial charge < -0.3 is 9.90 Å². The Balaban J connectivity index is 0.00000112. The molecular formula is C9H6N3NaO2. The van der Waals surface area contributed by atoms with E-state index < -0.39 is 5.97 Å². The summed E-state index contributed by atoms with van der Waals surface area (Å²) in [6, 6.07) is 4.64. The van der Waals surface area contributed by atoms with E-state index in [0.717, 1.165) is 0 Å². The number of hydrogen-bond donors (Lipinski definition) is 1. The summed E-state index contributed by atoms with van der Waals surface area (Å²) in [5.74, 6) is -1.25. The van der Waals surface area contributed by atoms with Crippen LogP contribution >= 0.6 is 0 Å². The quantitative estimate of drug-likeness (QED) is 0.531. The molecule has 0 spiro atoms. The normalized spacial score (nSPS) is 9.33. The van der Waals surface area contributed by atoms with E-state index in [1.165, 1.54) is 18.5 Å². The van der Waals surface area contributed by atoms with E-state index in [0.29, 0.717) is 11.4 Å². The summed E-state index contributed by atoms with van der Waals surface area (Å²) in [5, 5.41) is 17.1. The minimum absolute atomic E-state index is 0. The fourth-order valence-electron chi connectivity index (χ4n) is 1.17. The molecule has 0 saturated carbocycles. The van der Waals surface area contributed by atoms with Crippen molar-refractivity contribution in [2.75, 3.05) is 0 Å². The Hall–Kier alpha value is -1.17. The van der Waals surface area contributed by atoms with Crippen LogP contribution < -0.4 is 34.7 Å². The molecule has 2 aromatic rings. The number of aromatic carboxylic acids is 1. The predicted octanol–water partition coefficient (Wildman–Crippen LogP) is -3.16. The van der Waals surface area contributed by atoms with Gasteiger partial charge >= 0.3 is 29.6 Å². The Labute approximate surface area is 108 Å². The number of nitrogens with zero attached hydrogens (tertiary/aromatic N) is 2. The largest absolute Gasteiger partial charge is 1.00 e. The molecule has 0 radical (unpaired) electrons. The van der Waals surface area contributed by atoms with Crippen LogP contribution in [0.5, 0.6) is 0 Å². The average molecular weight is 211 g/mol. The Kier molecular flexibility index (Phi) is 4.02. The van der Waals surface area contributed by atoms with Crippen molar-refractivity contribution in [3.8, 4) is 11.4 Å². The van der Waals surface area contributed by atoms with Gasteiger partial charge in [-0.25, -0.2) is 0 Å². The Bertz CT molecular complexity index is 456. The number of rotatable bonds is 2. The third-order valence-electron chi connectivity index (χ3n) is 1.78. The molecule has 0 aliphatic heterocycles. The number of hydrogen-bond acceptors (Lipinski definition) is 4. The standard InChI is InChI=1S/C9H7N3O2.Na/c13-9(14)6-2-1-4-10-8(6)7-3-5-11-12-7;/h1-5H,(H,11,12)(H,13,14);/q;+1/p-1. The number of nitrogens with one attached hydrogen (secondary N) is 1. The zero-order valence-electron chi connectivity index (χ0n) is 8.10. The number of H-pyrrole nitrogens is 1. The molecule has 0 bridgehead atoms. The molecule has 0 aliphatic rings. The average Bonchev–Trinajstić information content (AvgIpc) is 2.70. The van der Waals surface area contributed by atoms with Crippen LogP contribution in [0.4, 0.5) is 0 Å². The van der Waals surface area contributed by atoms with Crippen molar-refractivity contribution in [3.63, 3.8) is 0 Å². The summed E-state index contributed by atoms with van der Waals surface area (Å²) in [6.07, 6.45) is 3.05.